The van der Waals surface area contributed by atoms with E-state index in [2.05, 4.69) is 17.2 Å². The molecule has 1 unspecified atom stereocenters. The second kappa shape index (κ2) is 9.87. The number of pyridine rings is 1. The molecule has 2 heterocycles. The molecular weight excluding hydrogens is 424 g/mol. The number of anilines is 1. The number of amides is 1. The monoisotopic (exact) mass is 450 g/mol. The first-order chi connectivity index (χ1) is 14.3. The lowest BCUT2D eigenvalue weighted by Crippen LogP contribution is -2.53. The van der Waals surface area contributed by atoms with Gasteiger partial charge < -0.3 is 5.32 Å². The summed E-state index contributed by atoms with van der Waals surface area (Å²) in [5.74, 6) is -0.201. The van der Waals surface area contributed by atoms with Crippen LogP contribution < -0.4 is 5.32 Å². The first-order valence-corrected chi connectivity index (χ1v) is 11.9. The maximum Gasteiger partial charge on any atom is 0.243 e. The molecular formula is C21H27ClN4O3S. The molecule has 1 atom stereocenters. The van der Waals surface area contributed by atoms with E-state index in [1.807, 2.05) is 17.0 Å². The quantitative estimate of drug-likeness (QED) is 0.655. The minimum Gasteiger partial charge on any atom is -0.322 e. The number of aromatic nitrogens is 1. The van der Waals surface area contributed by atoms with Crippen molar-refractivity contribution >= 4 is 33.2 Å². The first kappa shape index (κ1) is 22.7. The van der Waals surface area contributed by atoms with Gasteiger partial charge in [-0.15, -0.1) is 0 Å². The summed E-state index contributed by atoms with van der Waals surface area (Å²) in [6, 6.07) is 10.1. The molecule has 1 fully saturated rings. The summed E-state index contributed by atoms with van der Waals surface area (Å²) >= 11 is 6.00. The second-order valence-electron chi connectivity index (χ2n) is 7.34. The van der Waals surface area contributed by atoms with E-state index in [1.54, 1.807) is 37.4 Å². The molecule has 2 aromatic rings. The molecule has 0 radical (unpaired) electrons. The maximum atomic E-state index is 13.0. The fourth-order valence-corrected chi connectivity index (χ4v) is 5.07. The predicted molar refractivity (Wildman–Crippen MR) is 118 cm³/mol. The van der Waals surface area contributed by atoms with E-state index in [9.17, 15) is 13.2 Å². The Morgan fingerprint density at radius 3 is 2.43 bits per heavy atom. The number of carbonyl (C=O) groups excluding carboxylic acids is 1. The molecule has 1 amide bonds. The molecule has 1 aliphatic rings. The highest BCUT2D eigenvalue weighted by molar-refractivity contribution is 7.89. The van der Waals surface area contributed by atoms with E-state index in [0.717, 1.165) is 18.4 Å². The molecule has 1 aromatic heterocycles. The van der Waals surface area contributed by atoms with Crippen LogP contribution in [0.2, 0.25) is 5.15 Å². The van der Waals surface area contributed by atoms with E-state index >= 15 is 0 Å². The third-order valence-electron chi connectivity index (χ3n) is 5.32. The highest BCUT2D eigenvalue weighted by Gasteiger charge is 2.32. The Hall–Kier alpha value is -2.00. The van der Waals surface area contributed by atoms with Gasteiger partial charge in [-0.2, -0.15) is 4.31 Å². The third kappa shape index (κ3) is 5.18. The number of hydrogen-bond donors (Lipinski definition) is 1. The summed E-state index contributed by atoms with van der Waals surface area (Å²) < 4.78 is 27.4. The average Bonchev–Trinajstić information content (AvgIpc) is 2.75. The van der Waals surface area contributed by atoms with Crippen molar-refractivity contribution in [3.63, 3.8) is 0 Å². The normalized spacial score (nSPS) is 16.9. The van der Waals surface area contributed by atoms with Gasteiger partial charge in [-0.05, 0) is 43.2 Å². The van der Waals surface area contributed by atoms with Gasteiger partial charge >= 0.3 is 0 Å². The summed E-state index contributed by atoms with van der Waals surface area (Å²) in [5.41, 5.74) is 1.60. The van der Waals surface area contributed by atoms with Crippen molar-refractivity contribution < 1.29 is 13.2 Å². The van der Waals surface area contributed by atoms with Gasteiger partial charge in [-0.3, -0.25) is 9.69 Å². The number of rotatable bonds is 7. The van der Waals surface area contributed by atoms with Crippen LogP contribution >= 0.6 is 11.6 Å². The smallest absolute Gasteiger partial charge is 0.243 e. The Bertz CT molecular complexity index is 974. The molecule has 9 heteroatoms. The van der Waals surface area contributed by atoms with Crippen LogP contribution in [-0.2, 0) is 21.2 Å². The zero-order valence-corrected chi connectivity index (χ0v) is 18.8. The Morgan fingerprint density at radius 2 is 1.83 bits per heavy atom. The summed E-state index contributed by atoms with van der Waals surface area (Å²) in [6.07, 6.45) is 3.51. The molecule has 1 aliphatic heterocycles. The topological polar surface area (TPSA) is 82.6 Å². The van der Waals surface area contributed by atoms with Crippen molar-refractivity contribution in [2.75, 3.05) is 31.5 Å². The highest BCUT2D eigenvalue weighted by Crippen LogP contribution is 2.21. The lowest BCUT2D eigenvalue weighted by Gasteiger charge is -2.36. The summed E-state index contributed by atoms with van der Waals surface area (Å²) in [4.78, 5) is 18.8. The number of benzene rings is 1. The van der Waals surface area contributed by atoms with E-state index in [1.165, 1.54) is 4.31 Å². The number of aryl methyl sites for hydroxylation is 1. The number of nitrogens with one attached hydrogen (secondary N) is 1. The van der Waals surface area contributed by atoms with Crippen LogP contribution in [0.25, 0.3) is 0 Å². The van der Waals surface area contributed by atoms with Crippen molar-refractivity contribution in [1.29, 1.82) is 0 Å². The van der Waals surface area contributed by atoms with Crippen LogP contribution in [-0.4, -0.2) is 60.7 Å². The largest absolute Gasteiger partial charge is 0.322 e. The minimum atomic E-state index is -3.54. The van der Waals surface area contributed by atoms with Crippen LogP contribution in [0.1, 0.15) is 25.8 Å². The van der Waals surface area contributed by atoms with E-state index < -0.39 is 16.1 Å². The number of hydrogen-bond acceptors (Lipinski definition) is 5. The van der Waals surface area contributed by atoms with E-state index in [0.29, 0.717) is 36.8 Å². The molecule has 0 bridgehead atoms. The standard InChI is InChI=1S/C21H27ClN4O3S/c1-3-5-17-7-9-18(10-8-17)30(28,29)26-14-12-25(13-15-26)16(2)21(27)24-19-6-4-11-23-20(19)22/h4,6-11,16H,3,5,12-15H2,1-2H3,(H,24,27). The van der Waals surface area contributed by atoms with Crippen molar-refractivity contribution in [3.8, 4) is 0 Å². The van der Waals surface area contributed by atoms with Crippen LogP contribution in [0.3, 0.4) is 0 Å². The lowest BCUT2D eigenvalue weighted by molar-refractivity contribution is -0.121. The number of piperazine rings is 1. The minimum absolute atomic E-state index is 0.201. The molecule has 162 valence electrons. The van der Waals surface area contributed by atoms with Crippen LogP contribution in [0.5, 0.6) is 0 Å². The molecule has 1 saturated heterocycles. The van der Waals surface area contributed by atoms with E-state index in [-0.39, 0.29) is 11.1 Å². The Labute approximate surface area is 183 Å². The van der Waals surface area contributed by atoms with Gasteiger partial charge in [0.25, 0.3) is 0 Å². The van der Waals surface area contributed by atoms with Gasteiger partial charge in [0.05, 0.1) is 16.6 Å². The van der Waals surface area contributed by atoms with Gasteiger partial charge in [0.15, 0.2) is 5.15 Å². The zero-order valence-electron chi connectivity index (χ0n) is 17.2. The molecule has 0 spiro atoms. The maximum absolute atomic E-state index is 13.0. The first-order valence-electron chi connectivity index (χ1n) is 10.1. The number of sulfonamides is 1. The summed E-state index contributed by atoms with van der Waals surface area (Å²) in [5, 5.41) is 3.02. The molecule has 1 aromatic carbocycles. The Morgan fingerprint density at radius 1 is 1.17 bits per heavy atom. The molecule has 7 nitrogen and oxygen atoms in total. The van der Waals surface area contributed by atoms with Crippen LogP contribution in [0.15, 0.2) is 47.5 Å². The lowest BCUT2D eigenvalue weighted by atomic mass is 10.1. The van der Waals surface area contributed by atoms with Crippen molar-refractivity contribution in [1.82, 2.24) is 14.2 Å². The molecule has 3 rings (SSSR count). The third-order valence-corrected chi connectivity index (χ3v) is 7.53. The summed E-state index contributed by atoms with van der Waals surface area (Å²) in [6.45, 7) is 5.52. The van der Waals surface area contributed by atoms with E-state index in [4.69, 9.17) is 11.6 Å². The van der Waals surface area contributed by atoms with Crippen LogP contribution in [0, 0.1) is 0 Å². The average molecular weight is 451 g/mol. The molecule has 0 saturated carbocycles. The molecule has 0 aliphatic carbocycles. The fraction of sp³-hybridized carbons (Fsp3) is 0.429. The van der Waals surface area contributed by atoms with Gasteiger partial charge in [0, 0.05) is 32.4 Å². The molecule has 1 N–H and O–H groups in total. The van der Waals surface area contributed by atoms with Gasteiger partial charge in [-0.1, -0.05) is 37.1 Å². The van der Waals surface area contributed by atoms with Crippen molar-refractivity contribution in [2.24, 2.45) is 0 Å². The second-order valence-corrected chi connectivity index (χ2v) is 9.64. The highest BCUT2D eigenvalue weighted by atomic mass is 35.5. The van der Waals surface area contributed by atoms with Gasteiger partial charge in [0.1, 0.15) is 0 Å². The van der Waals surface area contributed by atoms with Gasteiger partial charge in [-0.25, -0.2) is 13.4 Å². The predicted octanol–water partition coefficient (Wildman–Crippen LogP) is 3.02. The Kier molecular flexibility index (Phi) is 7.46. The Balaban J connectivity index is 1.59. The number of halogens is 1. The summed E-state index contributed by atoms with van der Waals surface area (Å²) in [7, 11) is -3.54. The molecule has 30 heavy (non-hydrogen) atoms. The zero-order chi connectivity index (χ0) is 21.7. The number of carbonyl (C=O) groups is 1. The van der Waals surface area contributed by atoms with Crippen LogP contribution in [0.4, 0.5) is 5.69 Å². The van der Waals surface area contributed by atoms with Crippen molar-refractivity contribution in [2.45, 2.75) is 37.6 Å². The number of nitrogens with zero attached hydrogens (tertiary/aromatic N) is 3. The van der Waals surface area contributed by atoms with Crippen molar-refractivity contribution in [3.05, 3.63) is 53.3 Å². The fourth-order valence-electron chi connectivity index (χ4n) is 3.48. The SMILES string of the molecule is CCCc1ccc(S(=O)(=O)N2CCN(C(C)C(=O)Nc3cccnc3Cl)CC2)cc1. The van der Waals surface area contributed by atoms with Gasteiger partial charge in [0.2, 0.25) is 15.9 Å².